The van der Waals surface area contributed by atoms with Gasteiger partial charge in [-0.1, -0.05) is 33.6 Å². The first-order chi connectivity index (χ1) is 6.07. The Hall–Kier alpha value is -0.530. The van der Waals surface area contributed by atoms with Gasteiger partial charge in [0.05, 0.1) is 6.04 Å². The van der Waals surface area contributed by atoms with Crippen molar-refractivity contribution in [3.05, 3.63) is 0 Å². The first-order valence-corrected chi connectivity index (χ1v) is 5.42. The van der Waals surface area contributed by atoms with Crippen LogP contribution in [0.15, 0.2) is 4.99 Å². The molecule has 0 aromatic heterocycles. The number of aliphatic imine (C=N–C) groups is 1. The normalized spacial score (nSPS) is 33.6. The molecule has 0 radical (unpaired) electrons. The van der Waals surface area contributed by atoms with Crippen molar-refractivity contribution >= 4 is 5.84 Å². The highest BCUT2D eigenvalue weighted by atomic mass is 15.1. The van der Waals surface area contributed by atoms with E-state index >= 15 is 0 Å². The Bertz CT molecular complexity index is 225. The molecule has 74 valence electrons. The maximum Gasteiger partial charge on any atom is 0.102 e. The van der Waals surface area contributed by atoms with Gasteiger partial charge in [0.15, 0.2) is 0 Å². The third-order valence-electron chi connectivity index (χ3n) is 3.06. The molecule has 0 bridgehead atoms. The zero-order chi connectivity index (χ0) is 9.47. The molecule has 2 aliphatic rings. The molecule has 0 spiro atoms. The van der Waals surface area contributed by atoms with Crippen LogP contribution in [-0.2, 0) is 0 Å². The predicted octanol–water partition coefficient (Wildman–Crippen LogP) is 2.35. The fraction of sp³-hybridized carbons (Fsp3) is 0.909. The quantitative estimate of drug-likeness (QED) is 0.608. The fourth-order valence-electron chi connectivity index (χ4n) is 2.22. The van der Waals surface area contributed by atoms with Crippen LogP contribution in [-0.4, -0.2) is 17.9 Å². The van der Waals surface area contributed by atoms with Crippen LogP contribution in [0.3, 0.4) is 0 Å². The van der Waals surface area contributed by atoms with E-state index in [0.717, 1.165) is 0 Å². The van der Waals surface area contributed by atoms with Crippen LogP contribution in [0.25, 0.3) is 0 Å². The Balaban J connectivity index is 2.09. The van der Waals surface area contributed by atoms with Crippen LogP contribution in [0.1, 0.15) is 46.5 Å². The topological polar surface area (TPSA) is 24.4 Å². The summed E-state index contributed by atoms with van der Waals surface area (Å²) in [4.78, 5) is 4.79. The molecule has 2 unspecified atom stereocenters. The minimum atomic E-state index is 0.206. The molecule has 0 aromatic carbocycles. The summed E-state index contributed by atoms with van der Waals surface area (Å²) in [7, 11) is 0. The van der Waals surface area contributed by atoms with Gasteiger partial charge in [-0.3, -0.25) is 4.99 Å². The first kappa shape index (κ1) is 9.04. The number of hydrogen-bond acceptors (Lipinski definition) is 2. The van der Waals surface area contributed by atoms with Crippen LogP contribution in [0.5, 0.6) is 0 Å². The van der Waals surface area contributed by atoms with Crippen molar-refractivity contribution in [3.63, 3.8) is 0 Å². The van der Waals surface area contributed by atoms with E-state index in [4.69, 9.17) is 4.99 Å². The second kappa shape index (κ2) is 3.00. The molecule has 0 aromatic rings. The Kier molecular flexibility index (Phi) is 2.09. The van der Waals surface area contributed by atoms with Gasteiger partial charge in [0.25, 0.3) is 0 Å². The van der Waals surface area contributed by atoms with Crippen LogP contribution >= 0.6 is 0 Å². The summed E-state index contributed by atoms with van der Waals surface area (Å²) in [5.41, 5.74) is 0.206. The maximum absolute atomic E-state index is 4.79. The van der Waals surface area contributed by atoms with E-state index in [1.807, 2.05) is 0 Å². The maximum atomic E-state index is 4.79. The Labute approximate surface area is 80.8 Å². The smallest absolute Gasteiger partial charge is 0.102 e. The number of nitrogens with zero attached hydrogens (tertiary/aromatic N) is 1. The lowest BCUT2D eigenvalue weighted by Crippen LogP contribution is -2.40. The van der Waals surface area contributed by atoms with Crippen molar-refractivity contribution in [1.29, 1.82) is 0 Å². The molecule has 2 nitrogen and oxygen atoms in total. The summed E-state index contributed by atoms with van der Waals surface area (Å²) in [5, 5.41) is 3.58. The zero-order valence-corrected chi connectivity index (χ0v) is 8.93. The van der Waals surface area contributed by atoms with Crippen LogP contribution < -0.4 is 5.32 Å². The van der Waals surface area contributed by atoms with Gasteiger partial charge in [0.2, 0.25) is 0 Å². The van der Waals surface area contributed by atoms with Crippen molar-refractivity contribution in [2.24, 2.45) is 10.4 Å². The molecule has 0 saturated heterocycles. The van der Waals surface area contributed by atoms with Gasteiger partial charge in [-0.05, 0) is 12.8 Å². The molecule has 13 heavy (non-hydrogen) atoms. The van der Waals surface area contributed by atoms with E-state index in [2.05, 4.69) is 26.1 Å². The standard InChI is InChI=1S/C11H20N2/c1-11(2,3)10-12-8-6-4-5-7-9(8)13-10/h8-9H,4-7H2,1-3H3,(H,12,13). The molecule has 1 aliphatic heterocycles. The first-order valence-electron chi connectivity index (χ1n) is 5.42. The summed E-state index contributed by atoms with van der Waals surface area (Å²) in [6.45, 7) is 6.70. The number of amidine groups is 1. The van der Waals surface area contributed by atoms with Gasteiger partial charge in [-0.15, -0.1) is 0 Å². The molecular formula is C11H20N2. The number of rotatable bonds is 0. The molecule has 1 saturated carbocycles. The van der Waals surface area contributed by atoms with Gasteiger partial charge in [-0.25, -0.2) is 0 Å². The van der Waals surface area contributed by atoms with Crippen molar-refractivity contribution < 1.29 is 0 Å². The predicted molar refractivity (Wildman–Crippen MR) is 56.1 cm³/mol. The van der Waals surface area contributed by atoms with Crippen molar-refractivity contribution in [2.45, 2.75) is 58.5 Å². The van der Waals surface area contributed by atoms with E-state index < -0.39 is 0 Å². The van der Waals surface area contributed by atoms with Crippen molar-refractivity contribution in [1.82, 2.24) is 5.32 Å². The van der Waals surface area contributed by atoms with E-state index in [1.165, 1.54) is 31.5 Å². The van der Waals surface area contributed by atoms with E-state index in [1.54, 1.807) is 0 Å². The van der Waals surface area contributed by atoms with Gasteiger partial charge in [0, 0.05) is 11.5 Å². The van der Waals surface area contributed by atoms with E-state index in [0.29, 0.717) is 12.1 Å². The van der Waals surface area contributed by atoms with E-state index in [9.17, 15) is 0 Å². The van der Waals surface area contributed by atoms with E-state index in [-0.39, 0.29) is 5.41 Å². The Morgan fingerprint density at radius 3 is 2.54 bits per heavy atom. The summed E-state index contributed by atoms with van der Waals surface area (Å²) < 4.78 is 0. The largest absolute Gasteiger partial charge is 0.368 e. The molecule has 2 heteroatoms. The number of fused-ring (bicyclic) bond motifs is 1. The van der Waals surface area contributed by atoms with Gasteiger partial charge in [0.1, 0.15) is 5.84 Å². The summed E-state index contributed by atoms with van der Waals surface area (Å²) >= 11 is 0. The lowest BCUT2D eigenvalue weighted by atomic mass is 9.91. The Morgan fingerprint density at radius 1 is 1.23 bits per heavy atom. The molecule has 1 aliphatic carbocycles. The monoisotopic (exact) mass is 180 g/mol. The Morgan fingerprint density at radius 2 is 1.92 bits per heavy atom. The summed E-state index contributed by atoms with van der Waals surface area (Å²) in [6.07, 6.45) is 5.34. The minimum Gasteiger partial charge on any atom is -0.368 e. The van der Waals surface area contributed by atoms with Crippen molar-refractivity contribution in [2.75, 3.05) is 0 Å². The molecule has 2 rings (SSSR count). The second-order valence-electron chi connectivity index (χ2n) is 5.33. The van der Waals surface area contributed by atoms with Crippen LogP contribution in [0, 0.1) is 5.41 Å². The number of hydrogen-bond donors (Lipinski definition) is 1. The fourth-order valence-corrected chi connectivity index (χ4v) is 2.22. The SMILES string of the molecule is CC(C)(C)C1=NC2CCCCC2N1. The average Bonchev–Trinajstić information content (AvgIpc) is 2.45. The molecule has 2 atom stereocenters. The molecular weight excluding hydrogens is 160 g/mol. The highest BCUT2D eigenvalue weighted by Gasteiger charge is 2.34. The third kappa shape index (κ3) is 1.72. The zero-order valence-electron chi connectivity index (χ0n) is 8.93. The van der Waals surface area contributed by atoms with Crippen LogP contribution in [0.4, 0.5) is 0 Å². The van der Waals surface area contributed by atoms with Crippen LogP contribution in [0.2, 0.25) is 0 Å². The van der Waals surface area contributed by atoms with Gasteiger partial charge < -0.3 is 5.32 Å². The minimum absolute atomic E-state index is 0.206. The summed E-state index contributed by atoms with van der Waals surface area (Å²) in [6, 6.07) is 1.24. The highest BCUT2D eigenvalue weighted by Crippen LogP contribution is 2.29. The number of nitrogens with one attached hydrogen (secondary N) is 1. The van der Waals surface area contributed by atoms with Gasteiger partial charge in [-0.2, -0.15) is 0 Å². The van der Waals surface area contributed by atoms with Gasteiger partial charge >= 0.3 is 0 Å². The summed E-state index contributed by atoms with van der Waals surface area (Å²) in [5.74, 6) is 1.23. The highest BCUT2D eigenvalue weighted by molar-refractivity contribution is 5.89. The molecule has 1 fully saturated rings. The second-order valence-corrected chi connectivity index (χ2v) is 5.33. The third-order valence-corrected chi connectivity index (χ3v) is 3.06. The average molecular weight is 180 g/mol. The molecule has 1 heterocycles. The lowest BCUT2D eigenvalue weighted by Gasteiger charge is -2.24. The molecule has 0 amide bonds. The lowest BCUT2D eigenvalue weighted by molar-refractivity contribution is 0.383. The van der Waals surface area contributed by atoms with Crippen molar-refractivity contribution in [3.8, 4) is 0 Å². The molecule has 1 N–H and O–H groups in total.